The summed E-state index contributed by atoms with van der Waals surface area (Å²) in [6.07, 6.45) is 9.40. The first kappa shape index (κ1) is 21.0. The van der Waals surface area contributed by atoms with Gasteiger partial charge in [0.2, 0.25) is 0 Å². The van der Waals surface area contributed by atoms with E-state index in [4.69, 9.17) is 4.99 Å². The molecule has 3 heterocycles. The number of nitrogens with zero attached hydrogens (tertiary/aromatic N) is 5. The molecule has 8 heteroatoms. The van der Waals surface area contributed by atoms with Crippen molar-refractivity contribution in [3.8, 4) is 6.07 Å². The van der Waals surface area contributed by atoms with Crippen LogP contribution < -0.4 is 0 Å². The molecule has 4 rings (SSSR count). The first-order valence-corrected chi connectivity index (χ1v) is 11.5. The quantitative estimate of drug-likeness (QED) is 0.724. The van der Waals surface area contributed by atoms with Crippen molar-refractivity contribution in [3.05, 3.63) is 23.8 Å². The topological polar surface area (TPSA) is 92.3 Å². The van der Waals surface area contributed by atoms with E-state index in [-0.39, 0.29) is 6.04 Å². The number of thioether (sulfide) groups is 1. The van der Waals surface area contributed by atoms with Crippen LogP contribution in [0, 0.1) is 17.2 Å². The molecule has 160 valence electrons. The van der Waals surface area contributed by atoms with Gasteiger partial charge in [-0.1, -0.05) is 11.8 Å². The lowest BCUT2D eigenvalue weighted by molar-refractivity contribution is 0.0769. The predicted molar refractivity (Wildman–Crippen MR) is 120 cm³/mol. The highest BCUT2D eigenvalue weighted by molar-refractivity contribution is 8.04. The number of amides is 1. The summed E-state index contributed by atoms with van der Waals surface area (Å²) in [4.78, 5) is 24.8. The summed E-state index contributed by atoms with van der Waals surface area (Å²) in [5.41, 5.74) is 0.570. The van der Waals surface area contributed by atoms with Crippen molar-refractivity contribution in [2.75, 3.05) is 6.54 Å². The minimum absolute atomic E-state index is 0.0833. The van der Waals surface area contributed by atoms with E-state index in [1.54, 1.807) is 16.7 Å². The first-order chi connectivity index (χ1) is 14.3. The molecule has 30 heavy (non-hydrogen) atoms. The second-order valence-corrected chi connectivity index (χ2v) is 10.6. The summed E-state index contributed by atoms with van der Waals surface area (Å²) in [5.74, 6) is 1.23. The molecule has 0 saturated heterocycles. The van der Waals surface area contributed by atoms with Crippen LogP contribution in [-0.4, -0.2) is 61.6 Å². The van der Waals surface area contributed by atoms with Crippen LogP contribution in [0.2, 0.25) is 0 Å². The van der Waals surface area contributed by atoms with E-state index in [0.29, 0.717) is 24.9 Å². The molecule has 0 bridgehead atoms. The van der Waals surface area contributed by atoms with Gasteiger partial charge in [0.05, 0.1) is 24.2 Å². The molecule has 1 fully saturated rings. The SMILES string of the molecule is CC(C)(C)N(CC1CCC(N2C(CC#N)=N[C@]34SC=CC3=NC=C[C@@H]24)CC1)C(=O)O. The zero-order chi connectivity index (χ0) is 21.5. The van der Waals surface area contributed by atoms with Crippen LogP contribution in [0.1, 0.15) is 52.9 Å². The smallest absolute Gasteiger partial charge is 0.407 e. The van der Waals surface area contributed by atoms with Crippen LogP contribution in [0.25, 0.3) is 0 Å². The van der Waals surface area contributed by atoms with E-state index in [1.165, 1.54) is 0 Å². The molecule has 1 spiro atoms. The van der Waals surface area contributed by atoms with Crippen molar-refractivity contribution >= 4 is 29.4 Å². The van der Waals surface area contributed by atoms with Gasteiger partial charge in [0.25, 0.3) is 0 Å². The lowest BCUT2D eigenvalue weighted by Gasteiger charge is -2.43. The van der Waals surface area contributed by atoms with Crippen LogP contribution in [0.4, 0.5) is 4.79 Å². The fourth-order valence-electron chi connectivity index (χ4n) is 5.06. The van der Waals surface area contributed by atoms with E-state index in [2.05, 4.69) is 27.4 Å². The molecule has 1 amide bonds. The highest BCUT2D eigenvalue weighted by atomic mass is 32.2. The lowest BCUT2D eigenvalue weighted by Crippen LogP contribution is -2.53. The van der Waals surface area contributed by atoms with Crippen LogP contribution >= 0.6 is 11.8 Å². The third-order valence-corrected chi connectivity index (χ3v) is 7.72. The predicted octanol–water partition coefficient (Wildman–Crippen LogP) is 4.25. The normalized spacial score (nSPS) is 32.2. The standard InChI is InChI=1S/C22H29N5O2S/c1-21(2,3)26(20(28)29)14-15-4-6-16(7-5-15)27-18-9-12-24-17-10-13-30-22(17,18)25-19(27)8-11-23/h9-10,12-13,15-16,18H,4-8,14H2,1-3H3,(H,28,29)/t15?,16?,18-,22+/m1/s1. The van der Waals surface area contributed by atoms with Crippen molar-refractivity contribution in [1.82, 2.24) is 9.80 Å². The summed E-state index contributed by atoms with van der Waals surface area (Å²) in [7, 11) is 0. The third-order valence-electron chi connectivity index (χ3n) is 6.54. The molecule has 4 aliphatic rings. The van der Waals surface area contributed by atoms with Crippen molar-refractivity contribution < 1.29 is 9.90 Å². The van der Waals surface area contributed by atoms with Gasteiger partial charge in [-0.3, -0.25) is 4.99 Å². The minimum atomic E-state index is -0.848. The minimum Gasteiger partial charge on any atom is -0.465 e. The monoisotopic (exact) mass is 427 g/mol. The number of carboxylic acid groups (broad SMARTS) is 1. The molecular weight excluding hydrogens is 398 g/mol. The summed E-state index contributed by atoms with van der Waals surface area (Å²) >= 11 is 1.68. The Balaban J connectivity index is 1.47. The van der Waals surface area contributed by atoms with Gasteiger partial charge in [0.1, 0.15) is 5.84 Å². The van der Waals surface area contributed by atoms with Gasteiger partial charge in [0, 0.05) is 24.3 Å². The van der Waals surface area contributed by atoms with E-state index in [0.717, 1.165) is 37.2 Å². The molecule has 7 nitrogen and oxygen atoms in total. The Morgan fingerprint density at radius 3 is 2.77 bits per heavy atom. The molecule has 0 aromatic rings. The van der Waals surface area contributed by atoms with Crippen LogP contribution in [-0.2, 0) is 0 Å². The maximum atomic E-state index is 11.7. The zero-order valence-electron chi connectivity index (χ0n) is 17.8. The van der Waals surface area contributed by atoms with Gasteiger partial charge >= 0.3 is 6.09 Å². The molecule has 1 saturated carbocycles. The van der Waals surface area contributed by atoms with Crippen LogP contribution in [0.15, 0.2) is 33.7 Å². The molecular formula is C22H29N5O2S. The van der Waals surface area contributed by atoms with E-state index >= 15 is 0 Å². The van der Waals surface area contributed by atoms with Crippen LogP contribution in [0.3, 0.4) is 0 Å². The molecule has 1 aliphatic carbocycles. The Labute approximate surface area is 182 Å². The number of hydrogen-bond acceptors (Lipinski definition) is 6. The second-order valence-electron chi connectivity index (χ2n) is 9.43. The maximum absolute atomic E-state index is 11.7. The van der Waals surface area contributed by atoms with Crippen molar-refractivity contribution in [3.63, 3.8) is 0 Å². The molecule has 1 N–H and O–H groups in total. The van der Waals surface area contributed by atoms with Gasteiger partial charge in [-0.2, -0.15) is 5.26 Å². The Hall–Kier alpha value is -2.27. The van der Waals surface area contributed by atoms with Gasteiger partial charge in [-0.15, -0.1) is 0 Å². The number of amidine groups is 1. The molecule has 0 aromatic heterocycles. The highest BCUT2D eigenvalue weighted by Gasteiger charge is 2.55. The van der Waals surface area contributed by atoms with E-state index in [9.17, 15) is 15.2 Å². The third kappa shape index (κ3) is 3.53. The Morgan fingerprint density at radius 1 is 1.40 bits per heavy atom. The summed E-state index contributed by atoms with van der Waals surface area (Å²) in [6.45, 7) is 6.42. The van der Waals surface area contributed by atoms with E-state index < -0.39 is 16.5 Å². The summed E-state index contributed by atoms with van der Waals surface area (Å²) in [6, 6.07) is 2.69. The lowest BCUT2D eigenvalue weighted by atomic mass is 9.83. The Kier molecular flexibility index (Phi) is 5.43. The number of hydrogen-bond donors (Lipinski definition) is 1. The van der Waals surface area contributed by atoms with Crippen molar-refractivity contribution in [1.29, 1.82) is 5.26 Å². The number of aliphatic imine (C=N–C) groups is 2. The fraction of sp³-hybridized carbons (Fsp3) is 0.636. The highest BCUT2D eigenvalue weighted by Crippen LogP contribution is 2.49. The van der Waals surface area contributed by atoms with Gasteiger partial charge < -0.3 is 14.9 Å². The molecule has 3 aliphatic heterocycles. The average Bonchev–Trinajstić information content (AvgIpc) is 3.24. The fourth-order valence-corrected chi connectivity index (χ4v) is 6.19. The van der Waals surface area contributed by atoms with Gasteiger partial charge in [-0.05, 0) is 69.9 Å². The number of nitriles is 1. The zero-order valence-corrected chi connectivity index (χ0v) is 18.6. The maximum Gasteiger partial charge on any atom is 0.407 e. The van der Waals surface area contributed by atoms with Gasteiger partial charge in [0.15, 0.2) is 4.87 Å². The largest absolute Gasteiger partial charge is 0.465 e. The van der Waals surface area contributed by atoms with Crippen molar-refractivity contribution in [2.45, 2.75) is 75.4 Å². The second kappa shape index (κ2) is 7.77. The van der Waals surface area contributed by atoms with Crippen LogP contribution in [0.5, 0.6) is 0 Å². The van der Waals surface area contributed by atoms with E-state index in [1.807, 2.05) is 33.0 Å². The van der Waals surface area contributed by atoms with Gasteiger partial charge in [-0.25, -0.2) is 9.79 Å². The molecule has 0 radical (unpaired) electrons. The molecule has 0 unspecified atom stereocenters. The number of carbonyl (C=O) groups is 1. The first-order valence-electron chi connectivity index (χ1n) is 10.6. The average molecular weight is 428 g/mol. The summed E-state index contributed by atoms with van der Waals surface area (Å²) < 4.78 is 0. The Morgan fingerprint density at radius 2 is 2.13 bits per heavy atom. The summed E-state index contributed by atoms with van der Waals surface area (Å²) in [5, 5.41) is 21.1. The molecule has 2 atom stereocenters. The molecule has 0 aromatic carbocycles. The number of rotatable bonds is 4. The van der Waals surface area contributed by atoms with Crippen molar-refractivity contribution in [2.24, 2.45) is 15.9 Å². The Bertz CT molecular complexity index is 873.